The Bertz CT molecular complexity index is 224. The van der Waals surface area contributed by atoms with Crippen molar-refractivity contribution in [1.82, 2.24) is 20.0 Å². The van der Waals surface area contributed by atoms with Crippen molar-refractivity contribution < 1.29 is 0 Å². The molecule has 0 aliphatic carbocycles. The van der Waals surface area contributed by atoms with Crippen LogP contribution in [0.3, 0.4) is 0 Å². The van der Waals surface area contributed by atoms with Gasteiger partial charge in [-0.3, -0.25) is 9.80 Å². The smallest absolute Gasteiger partial charge is 0.0507 e. The van der Waals surface area contributed by atoms with E-state index in [2.05, 4.69) is 27.1 Å². The van der Waals surface area contributed by atoms with Gasteiger partial charge in [0, 0.05) is 57.8 Å². The number of nitrogens with zero attached hydrogens (tertiary/aromatic N) is 3. The average Bonchev–Trinajstić information content (AvgIpc) is 2.26. The van der Waals surface area contributed by atoms with E-state index in [0.717, 1.165) is 0 Å². The molecule has 1 spiro atoms. The predicted octanol–water partition coefficient (Wildman–Crippen LogP) is 0.123. The van der Waals surface area contributed by atoms with Gasteiger partial charge in [0.05, 0.1) is 6.67 Å². The number of likely N-dealkylation sites (tertiary alicyclic amines) is 1. The molecule has 1 N–H and O–H groups in total. The van der Waals surface area contributed by atoms with Crippen LogP contribution in [-0.4, -0.2) is 80.8 Å². The molecule has 3 aliphatic heterocycles. The molecule has 3 aliphatic rings. The Morgan fingerprint density at radius 1 is 0.941 bits per heavy atom. The van der Waals surface area contributed by atoms with E-state index in [1.54, 1.807) is 0 Å². The van der Waals surface area contributed by atoms with Crippen LogP contribution in [0.25, 0.3) is 0 Å². The highest BCUT2D eigenvalue weighted by molar-refractivity contribution is 5.03. The Balaban J connectivity index is 0.000000514. The number of hydrogen-bond acceptors (Lipinski definition) is 4. The zero-order chi connectivity index (χ0) is 12.3. The second kappa shape index (κ2) is 5.65. The quantitative estimate of drug-likeness (QED) is 0.740. The lowest BCUT2D eigenvalue weighted by Crippen LogP contribution is -2.72. The van der Waals surface area contributed by atoms with Crippen LogP contribution in [0.2, 0.25) is 0 Å². The van der Waals surface area contributed by atoms with Crippen LogP contribution in [0.15, 0.2) is 0 Å². The van der Waals surface area contributed by atoms with Crippen LogP contribution in [0.1, 0.15) is 13.8 Å². The van der Waals surface area contributed by atoms with Gasteiger partial charge in [0.15, 0.2) is 0 Å². The molecule has 0 radical (unpaired) electrons. The predicted molar refractivity (Wildman–Crippen MR) is 72.2 cm³/mol. The second-order valence-corrected chi connectivity index (χ2v) is 5.65. The van der Waals surface area contributed by atoms with E-state index in [-0.39, 0.29) is 0 Å². The fourth-order valence-electron chi connectivity index (χ4n) is 2.98. The van der Waals surface area contributed by atoms with Crippen LogP contribution in [0.5, 0.6) is 0 Å². The number of likely N-dealkylation sites (N-methyl/N-ethyl adjacent to an activating group) is 1. The largest absolute Gasteiger partial charge is 0.315 e. The van der Waals surface area contributed by atoms with E-state index in [1.165, 1.54) is 59.0 Å². The van der Waals surface area contributed by atoms with Crippen LogP contribution in [-0.2, 0) is 0 Å². The average molecular weight is 240 g/mol. The molecular formula is C13H28N4. The van der Waals surface area contributed by atoms with Crippen molar-refractivity contribution in [3.05, 3.63) is 0 Å². The van der Waals surface area contributed by atoms with Crippen molar-refractivity contribution in [2.45, 2.75) is 13.8 Å². The summed E-state index contributed by atoms with van der Waals surface area (Å²) in [5.41, 5.74) is 0.687. The molecule has 0 amide bonds. The Labute approximate surface area is 106 Å². The Kier molecular flexibility index (Phi) is 4.42. The second-order valence-electron chi connectivity index (χ2n) is 5.65. The molecule has 0 aromatic heterocycles. The Morgan fingerprint density at radius 2 is 1.53 bits per heavy atom. The van der Waals surface area contributed by atoms with Gasteiger partial charge < -0.3 is 10.2 Å². The Hall–Kier alpha value is -0.160. The van der Waals surface area contributed by atoms with Crippen molar-refractivity contribution in [1.29, 1.82) is 0 Å². The molecular weight excluding hydrogens is 212 g/mol. The van der Waals surface area contributed by atoms with E-state index >= 15 is 0 Å². The van der Waals surface area contributed by atoms with E-state index in [1.807, 2.05) is 13.8 Å². The van der Waals surface area contributed by atoms with E-state index < -0.39 is 0 Å². The molecule has 0 aromatic rings. The zero-order valence-corrected chi connectivity index (χ0v) is 11.7. The normalized spacial score (nSPS) is 29.1. The molecule has 4 heteroatoms. The molecule has 0 bridgehead atoms. The standard InChI is InChI=1S/C11H22N4.C2H6/c1-13-2-4-14(5-3-13)10-15-8-11(9-15)6-12-7-11;1-2/h12H,2-10H2,1H3;1-2H3. The summed E-state index contributed by atoms with van der Waals surface area (Å²) >= 11 is 0. The monoisotopic (exact) mass is 240 g/mol. The molecule has 3 heterocycles. The first-order valence-electron chi connectivity index (χ1n) is 7.10. The van der Waals surface area contributed by atoms with E-state index in [9.17, 15) is 0 Å². The summed E-state index contributed by atoms with van der Waals surface area (Å²) in [6, 6.07) is 0. The first-order valence-corrected chi connectivity index (χ1v) is 7.10. The summed E-state index contributed by atoms with van der Waals surface area (Å²) in [5, 5.41) is 3.39. The third-order valence-corrected chi connectivity index (χ3v) is 4.11. The van der Waals surface area contributed by atoms with Crippen LogP contribution >= 0.6 is 0 Å². The third-order valence-electron chi connectivity index (χ3n) is 4.11. The van der Waals surface area contributed by atoms with Crippen LogP contribution in [0.4, 0.5) is 0 Å². The summed E-state index contributed by atoms with van der Waals surface area (Å²) < 4.78 is 0. The van der Waals surface area contributed by atoms with E-state index in [4.69, 9.17) is 0 Å². The van der Waals surface area contributed by atoms with Crippen molar-refractivity contribution in [2.24, 2.45) is 5.41 Å². The summed E-state index contributed by atoms with van der Waals surface area (Å²) in [4.78, 5) is 7.62. The Morgan fingerprint density at radius 3 is 2.00 bits per heavy atom. The lowest BCUT2D eigenvalue weighted by atomic mass is 9.75. The summed E-state index contributed by atoms with van der Waals surface area (Å²) in [5.74, 6) is 0. The molecule has 4 nitrogen and oxygen atoms in total. The van der Waals surface area contributed by atoms with Gasteiger partial charge in [-0.15, -0.1) is 0 Å². The van der Waals surface area contributed by atoms with Gasteiger partial charge >= 0.3 is 0 Å². The third kappa shape index (κ3) is 2.99. The number of rotatable bonds is 2. The fourth-order valence-corrected chi connectivity index (χ4v) is 2.98. The number of piperazine rings is 1. The van der Waals surface area contributed by atoms with Gasteiger partial charge in [0.1, 0.15) is 0 Å². The van der Waals surface area contributed by atoms with Crippen molar-refractivity contribution in [3.8, 4) is 0 Å². The fraction of sp³-hybridized carbons (Fsp3) is 1.00. The lowest BCUT2D eigenvalue weighted by molar-refractivity contribution is -0.0715. The first kappa shape index (κ1) is 13.3. The zero-order valence-electron chi connectivity index (χ0n) is 11.7. The highest BCUT2D eigenvalue weighted by Crippen LogP contribution is 2.33. The molecule has 0 aromatic carbocycles. The van der Waals surface area contributed by atoms with Crippen LogP contribution in [0, 0.1) is 5.41 Å². The minimum Gasteiger partial charge on any atom is -0.315 e. The van der Waals surface area contributed by atoms with E-state index in [0.29, 0.717) is 5.41 Å². The molecule has 3 rings (SSSR count). The maximum atomic E-state index is 3.39. The minimum atomic E-state index is 0.687. The van der Waals surface area contributed by atoms with Crippen molar-refractivity contribution in [3.63, 3.8) is 0 Å². The van der Waals surface area contributed by atoms with Crippen molar-refractivity contribution in [2.75, 3.05) is 66.1 Å². The van der Waals surface area contributed by atoms with Gasteiger partial charge in [0.2, 0.25) is 0 Å². The summed E-state index contributed by atoms with van der Waals surface area (Å²) in [7, 11) is 2.22. The molecule has 3 saturated heterocycles. The topological polar surface area (TPSA) is 21.8 Å². The minimum absolute atomic E-state index is 0.687. The molecule has 0 unspecified atom stereocenters. The SMILES string of the molecule is CC.CN1CCN(CN2CC3(CNC3)C2)CC1. The molecule has 3 fully saturated rings. The summed E-state index contributed by atoms with van der Waals surface area (Å²) in [6.45, 7) is 15.3. The summed E-state index contributed by atoms with van der Waals surface area (Å²) in [6.07, 6.45) is 0. The van der Waals surface area contributed by atoms with Gasteiger partial charge in [-0.05, 0) is 7.05 Å². The van der Waals surface area contributed by atoms with Gasteiger partial charge in [-0.2, -0.15) is 0 Å². The highest BCUT2D eigenvalue weighted by atomic mass is 15.4. The lowest BCUT2D eigenvalue weighted by Gasteiger charge is -2.57. The van der Waals surface area contributed by atoms with Gasteiger partial charge in [-0.1, -0.05) is 13.8 Å². The molecule has 0 atom stereocenters. The van der Waals surface area contributed by atoms with Crippen LogP contribution < -0.4 is 5.32 Å². The number of nitrogens with one attached hydrogen (secondary N) is 1. The highest BCUT2D eigenvalue weighted by Gasteiger charge is 2.47. The van der Waals surface area contributed by atoms with Crippen molar-refractivity contribution >= 4 is 0 Å². The molecule has 17 heavy (non-hydrogen) atoms. The maximum absolute atomic E-state index is 3.39. The van der Waals surface area contributed by atoms with Gasteiger partial charge in [-0.25, -0.2) is 0 Å². The molecule has 100 valence electrons. The van der Waals surface area contributed by atoms with Gasteiger partial charge in [0.25, 0.3) is 0 Å². The molecule has 0 saturated carbocycles. The first-order chi connectivity index (χ1) is 8.26. The number of hydrogen-bond donors (Lipinski definition) is 1. The maximum Gasteiger partial charge on any atom is 0.0507 e.